The number of aryl methyl sites for hydroxylation is 1. The summed E-state index contributed by atoms with van der Waals surface area (Å²) in [6, 6.07) is 18.0. The third-order valence-electron chi connectivity index (χ3n) is 5.88. The SMILES string of the molecule is CCc1ccc(-c2nn(-c3ccccc3)cc2C(=O)Nc2nc(CN3CCOCC3)cs2)cc1. The van der Waals surface area contributed by atoms with E-state index in [0.29, 0.717) is 16.4 Å². The average molecular weight is 474 g/mol. The molecule has 7 nitrogen and oxygen atoms in total. The van der Waals surface area contributed by atoms with Gasteiger partial charge in [0.05, 0.1) is 30.2 Å². The van der Waals surface area contributed by atoms with Crippen LogP contribution in [0.1, 0.15) is 28.5 Å². The van der Waals surface area contributed by atoms with E-state index < -0.39 is 0 Å². The van der Waals surface area contributed by atoms with Gasteiger partial charge >= 0.3 is 0 Å². The number of morpholine rings is 1. The molecule has 5 rings (SSSR count). The smallest absolute Gasteiger partial charge is 0.261 e. The van der Waals surface area contributed by atoms with Crippen molar-refractivity contribution in [3.8, 4) is 16.9 Å². The van der Waals surface area contributed by atoms with Crippen LogP contribution in [0.2, 0.25) is 0 Å². The zero-order valence-corrected chi connectivity index (χ0v) is 19.9. The summed E-state index contributed by atoms with van der Waals surface area (Å²) in [6.07, 6.45) is 2.75. The minimum Gasteiger partial charge on any atom is -0.379 e. The topological polar surface area (TPSA) is 72.3 Å². The van der Waals surface area contributed by atoms with Crippen molar-refractivity contribution in [3.05, 3.63) is 83.0 Å². The van der Waals surface area contributed by atoms with Gasteiger partial charge in [-0.25, -0.2) is 9.67 Å². The molecule has 8 heteroatoms. The molecule has 0 radical (unpaired) electrons. The van der Waals surface area contributed by atoms with Crippen molar-refractivity contribution in [2.24, 2.45) is 0 Å². The number of amides is 1. The molecule has 4 aromatic rings. The second-order valence-electron chi connectivity index (χ2n) is 8.21. The number of para-hydroxylation sites is 1. The molecule has 1 aliphatic rings. The summed E-state index contributed by atoms with van der Waals surface area (Å²) in [5.41, 5.74) is 5.16. The molecule has 0 saturated carbocycles. The molecule has 174 valence electrons. The van der Waals surface area contributed by atoms with Gasteiger partial charge in [0, 0.05) is 36.8 Å². The quantitative estimate of drug-likeness (QED) is 0.423. The molecule has 3 heterocycles. The highest BCUT2D eigenvalue weighted by Crippen LogP contribution is 2.26. The number of anilines is 1. The number of hydrogen-bond donors (Lipinski definition) is 1. The molecule has 0 bridgehead atoms. The first-order valence-electron chi connectivity index (χ1n) is 11.5. The Morgan fingerprint density at radius 2 is 1.85 bits per heavy atom. The van der Waals surface area contributed by atoms with E-state index in [-0.39, 0.29) is 5.91 Å². The molecular formula is C26H27N5O2S. The summed E-state index contributed by atoms with van der Waals surface area (Å²) in [5.74, 6) is -0.218. The fourth-order valence-electron chi connectivity index (χ4n) is 3.95. The molecule has 0 spiro atoms. The van der Waals surface area contributed by atoms with Crippen LogP contribution in [-0.2, 0) is 17.7 Å². The lowest BCUT2D eigenvalue weighted by Crippen LogP contribution is -2.35. The number of benzene rings is 2. The number of rotatable bonds is 7. The Kier molecular flexibility index (Phi) is 6.80. The molecule has 1 aliphatic heterocycles. The Morgan fingerprint density at radius 3 is 2.59 bits per heavy atom. The molecule has 0 aliphatic carbocycles. The van der Waals surface area contributed by atoms with Crippen LogP contribution in [-0.4, -0.2) is 51.9 Å². The van der Waals surface area contributed by atoms with Crippen LogP contribution in [0, 0.1) is 0 Å². The molecule has 2 aromatic heterocycles. The van der Waals surface area contributed by atoms with Crippen molar-refractivity contribution >= 4 is 22.4 Å². The van der Waals surface area contributed by atoms with E-state index in [1.165, 1.54) is 16.9 Å². The zero-order chi connectivity index (χ0) is 23.3. The van der Waals surface area contributed by atoms with Crippen LogP contribution in [0.3, 0.4) is 0 Å². The van der Waals surface area contributed by atoms with Crippen molar-refractivity contribution in [3.63, 3.8) is 0 Å². The maximum Gasteiger partial charge on any atom is 0.261 e. The van der Waals surface area contributed by atoms with Crippen molar-refractivity contribution in [1.29, 1.82) is 0 Å². The Bertz CT molecular complexity index is 1240. The van der Waals surface area contributed by atoms with Crippen molar-refractivity contribution in [2.45, 2.75) is 19.9 Å². The highest BCUT2D eigenvalue weighted by molar-refractivity contribution is 7.14. The summed E-state index contributed by atoms with van der Waals surface area (Å²) in [6.45, 7) is 6.19. The number of nitrogens with zero attached hydrogens (tertiary/aromatic N) is 4. The van der Waals surface area contributed by atoms with Crippen LogP contribution < -0.4 is 5.32 Å². The Labute approximate surface area is 203 Å². The maximum atomic E-state index is 13.4. The maximum absolute atomic E-state index is 13.4. The largest absolute Gasteiger partial charge is 0.379 e. The fourth-order valence-corrected chi connectivity index (χ4v) is 4.65. The van der Waals surface area contributed by atoms with Gasteiger partial charge in [-0.3, -0.25) is 15.0 Å². The monoisotopic (exact) mass is 473 g/mol. The van der Waals surface area contributed by atoms with Crippen LogP contribution >= 0.6 is 11.3 Å². The van der Waals surface area contributed by atoms with Crippen LogP contribution in [0.5, 0.6) is 0 Å². The van der Waals surface area contributed by atoms with E-state index in [0.717, 1.165) is 56.2 Å². The van der Waals surface area contributed by atoms with Crippen molar-refractivity contribution in [1.82, 2.24) is 19.7 Å². The third-order valence-corrected chi connectivity index (χ3v) is 6.68. The average Bonchev–Trinajstić information content (AvgIpc) is 3.53. The first kappa shape index (κ1) is 22.5. The normalized spacial score (nSPS) is 14.3. The molecule has 0 atom stereocenters. The number of carbonyl (C=O) groups excluding carboxylic acids is 1. The predicted molar refractivity (Wildman–Crippen MR) is 135 cm³/mol. The molecule has 1 amide bonds. The summed E-state index contributed by atoms with van der Waals surface area (Å²) in [7, 11) is 0. The lowest BCUT2D eigenvalue weighted by atomic mass is 10.0. The highest BCUT2D eigenvalue weighted by atomic mass is 32.1. The van der Waals surface area contributed by atoms with Gasteiger partial charge in [-0.2, -0.15) is 5.10 Å². The van der Waals surface area contributed by atoms with Crippen molar-refractivity contribution < 1.29 is 9.53 Å². The van der Waals surface area contributed by atoms with Crippen LogP contribution in [0.15, 0.2) is 66.2 Å². The van der Waals surface area contributed by atoms with Gasteiger partial charge in [0.2, 0.25) is 0 Å². The molecule has 34 heavy (non-hydrogen) atoms. The van der Waals surface area contributed by atoms with Gasteiger partial charge < -0.3 is 4.74 Å². The molecule has 1 saturated heterocycles. The molecular weight excluding hydrogens is 446 g/mol. The lowest BCUT2D eigenvalue weighted by molar-refractivity contribution is 0.0337. The number of thiazole rings is 1. The lowest BCUT2D eigenvalue weighted by Gasteiger charge is -2.25. The van der Waals surface area contributed by atoms with Crippen LogP contribution in [0.25, 0.3) is 16.9 Å². The highest BCUT2D eigenvalue weighted by Gasteiger charge is 2.20. The minimum atomic E-state index is -0.218. The van der Waals surface area contributed by atoms with Gasteiger partial charge in [0.25, 0.3) is 5.91 Å². The first-order chi connectivity index (χ1) is 16.7. The summed E-state index contributed by atoms with van der Waals surface area (Å²) in [5, 5.41) is 10.4. The second kappa shape index (κ2) is 10.3. The van der Waals surface area contributed by atoms with Gasteiger partial charge in [0.15, 0.2) is 5.13 Å². The zero-order valence-electron chi connectivity index (χ0n) is 19.1. The number of hydrogen-bond acceptors (Lipinski definition) is 6. The number of carbonyl (C=O) groups is 1. The van der Waals surface area contributed by atoms with E-state index in [4.69, 9.17) is 9.84 Å². The van der Waals surface area contributed by atoms with Crippen molar-refractivity contribution in [2.75, 3.05) is 31.6 Å². The molecule has 0 unspecified atom stereocenters. The molecule has 1 N–H and O–H groups in total. The van der Waals surface area contributed by atoms with Gasteiger partial charge in [-0.1, -0.05) is 49.4 Å². The summed E-state index contributed by atoms with van der Waals surface area (Å²) >= 11 is 1.44. The Morgan fingerprint density at radius 1 is 1.09 bits per heavy atom. The number of aromatic nitrogens is 3. The van der Waals surface area contributed by atoms with Crippen LogP contribution in [0.4, 0.5) is 5.13 Å². The minimum absolute atomic E-state index is 0.218. The van der Waals surface area contributed by atoms with Gasteiger partial charge in [0.1, 0.15) is 5.69 Å². The molecule has 1 fully saturated rings. The van der Waals surface area contributed by atoms with E-state index in [2.05, 4.69) is 34.3 Å². The van der Waals surface area contributed by atoms with E-state index in [1.807, 2.05) is 47.8 Å². The fraction of sp³-hybridized carbons (Fsp3) is 0.269. The van der Waals surface area contributed by atoms with E-state index in [1.54, 1.807) is 10.9 Å². The van der Waals surface area contributed by atoms with E-state index >= 15 is 0 Å². The second-order valence-corrected chi connectivity index (χ2v) is 9.07. The van der Waals surface area contributed by atoms with Gasteiger partial charge in [-0.05, 0) is 24.1 Å². The van der Waals surface area contributed by atoms with E-state index in [9.17, 15) is 4.79 Å². The van der Waals surface area contributed by atoms with Gasteiger partial charge in [-0.15, -0.1) is 11.3 Å². The Hall–Kier alpha value is -3.33. The summed E-state index contributed by atoms with van der Waals surface area (Å²) in [4.78, 5) is 20.3. The first-order valence-corrected chi connectivity index (χ1v) is 12.4. The number of ether oxygens (including phenoxy) is 1. The molecule has 2 aromatic carbocycles. The third kappa shape index (κ3) is 5.09. The Balaban J connectivity index is 1.40. The summed E-state index contributed by atoms with van der Waals surface area (Å²) < 4.78 is 7.17. The predicted octanol–water partition coefficient (Wildman–Crippen LogP) is 4.64. The number of nitrogens with one attached hydrogen (secondary N) is 1. The standard InChI is InChI=1S/C26H27N5O2S/c1-2-19-8-10-20(11-9-19)24-23(17-31(29-24)22-6-4-3-5-7-22)25(32)28-26-27-21(18-34-26)16-30-12-14-33-15-13-30/h3-11,17-18H,2,12-16H2,1H3,(H,27,28,32).